The van der Waals surface area contributed by atoms with E-state index in [-0.39, 0.29) is 13.2 Å². The van der Waals surface area contributed by atoms with Gasteiger partial charge in [-0.15, -0.1) is 0 Å². The third-order valence-electron chi connectivity index (χ3n) is 3.20. The monoisotopic (exact) mass is 344 g/mol. The van der Waals surface area contributed by atoms with Crippen molar-refractivity contribution in [3.63, 3.8) is 0 Å². The second kappa shape index (κ2) is 10.1. The van der Waals surface area contributed by atoms with Gasteiger partial charge in [-0.1, -0.05) is 19.9 Å². The first kappa shape index (κ1) is 22.1. The van der Waals surface area contributed by atoms with Gasteiger partial charge in [0, 0.05) is 6.08 Å². The molecule has 0 aromatic rings. The first-order valence-corrected chi connectivity index (χ1v) is 7.85. The van der Waals surface area contributed by atoms with E-state index >= 15 is 0 Å². The van der Waals surface area contributed by atoms with Crippen LogP contribution in [-0.2, 0) is 33.3 Å². The maximum Gasteiger partial charge on any atom is 0.349 e. The first-order chi connectivity index (χ1) is 11.1. The molecule has 0 fully saturated rings. The molecule has 0 aromatic heterocycles. The van der Waals surface area contributed by atoms with Crippen molar-refractivity contribution in [2.24, 2.45) is 5.41 Å². The van der Waals surface area contributed by atoms with Crippen LogP contribution in [0.4, 0.5) is 0 Å². The Labute approximate surface area is 143 Å². The van der Waals surface area contributed by atoms with Gasteiger partial charge >= 0.3 is 17.9 Å². The highest BCUT2D eigenvalue weighted by atomic mass is 16.6. The van der Waals surface area contributed by atoms with Gasteiger partial charge in [0.15, 0.2) is 0 Å². The quantitative estimate of drug-likeness (QED) is 0.259. The number of esters is 3. The maximum atomic E-state index is 12.0. The minimum absolute atomic E-state index is 0.0879. The summed E-state index contributed by atoms with van der Waals surface area (Å²) in [5, 5.41) is 0. The molecule has 0 rings (SSSR count). The molecule has 0 radical (unpaired) electrons. The van der Waals surface area contributed by atoms with E-state index < -0.39 is 28.9 Å². The standard InChI is InChI=1S/C17H28O7/c1-7-22-13(18)10-9-11-16(3,4)12-24-17(5,14(19)21-6)15(20)23-8-2/h9-10H,7-8,11-12H2,1-6H3/b10-9+. The molecule has 0 saturated heterocycles. The zero-order valence-electron chi connectivity index (χ0n) is 15.3. The minimum atomic E-state index is -1.83. The fourth-order valence-electron chi connectivity index (χ4n) is 1.73. The lowest BCUT2D eigenvalue weighted by atomic mass is 9.90. The molecule has 0 N–H and O–H groups in total. The van der Waals surface area contributed by atoms with Crippen LogP contribution >= 0.6 is 0 Å². The molecule has 0 amide bonds. The average Bonchev–Trinajstić information content (AvgIpc) is 2.52. The molecule has 1 atom stereocenters. The largest absolute Gasteiger partial charge is 0.466 e. The second-order valence-corrected chi connectivity index (χ2v) is 6.06. The van der Waals surface area contributed by atoms with E-state index in [1.165, 1.54) is 20.1 Å². The smallest absolute Gasteiger partial charge is 0.349 e. The second-order valence-electron chi connectivity index (χ2n) is 6.06. The van der Waals surface area contributed by atoms with E-state index in [9.17, 15) is 14.4 Å². The lowest BCUT2D eigenvalue weighted by Crippen LogP contribution is -2.49. The number of allylic oxidation sites excluding steroid dienone is 1. The van der Waals surface area contributed by atoms with Crippen molar-refractivity contribution in [2.45, 2.75) is 46.6 Å². The summed E-state index contributed by atoms with van der Waals surface area (Å²) < 4.78 is 19.9. The van der Waals surface area contributed by atoms with Crippen LogP contribution in [0.15, 0.2) is 12.2 Å². The molecule has 0 aliphatic carbocycles. The van der Waals surface area contributed by atoms with Gasteiger partial charge in [0.2, 0.25) is 0 Å². The molecule has 0 aromatic carbocycles. The number of hydrogen-bond donors (Lipinski definition) is 0. The van der Waals surface area contributed by atoms with Gasteiger partial charge in [-0.2, -0.15) is 0 Å². The molecule has 24 heavy (non-hydrogen) atoms. The fourth-order valence-corrected chi connectivity index (χ4v) is 1.73. The molecule has 7 heteroatoms. The van der Waals surface area contributed by atoms with Crippen LogP contribution in [0.1, 0.15) is 41.0 Å². The zero-order chi connectivity index (χ0) is 18.8. The summed E-state index contributed by atoms with van der Waals surface area (Å²) in [6.45, 7) is 8.97. The Hall–Kier alpha value is -1.89. The lowest BCUT2D eigenvalue weighted by molar-refractivity contribution is -0.190. The Morgan fingerprint density at radius 2 is 1.54 bits per heavy atom. The molecule has 0 saturated carbocycles. The molecule has 138 valence electrons. The Morgan fingerprint density at radius 1 is 0.958 bits per heavy atom. The third-order valence-corrected chi connectivity index (χ3v) is 3.20. The van der Waals surface area contributed by atoms with E-state index in [0.29, 0.717) is 13.0 Å². The Kier molecular flexibility index (Phi) is 9.28. The van der Waals surface area contributed by atoms with Crippen molar-refractivity contribution >= 4 is 17.9 Å². The molecule has 0 aliphatic heterocycles. The molecular weight excluding hydrogens is 316 g/mol. The predicted octanol–water partition coefficient (Wildman–Crippen LogP) is 2.03. The topological polar surface area (TPSA) is 88.1 Å². The normalized spacial score (nSPS) is 14.1. The number of carbonyl (C=O) groups is 3. The van der Waals surface area contributed by atoms with Crippen molar-refractivity contribution in [1.82, 2.24) is 0 Å². The number of methoxy groups -OCH3 is 1. The van der Waals surface area contributed by atoms with Gasteiger partial charge in [-0.25, -0.2) is 14.4 Å². The van der Waals surface area contributed by atoms with Gasteiger partial charge < -0.3 is 18.9 Å². The summed E-state index contributed by atoms with van der Waals surface area (Å²) in [7, 11) is 1.18. The maximum absolute atomic E-state index is 12.0. The van der Waals surface area contributed by atoms with E-state index in [4.69, 9.17) is 14.2 Å². The Balaban J connectivity index is 4.85. The van der Waals surface area contributed by atoms with Crippen molar-refractivity contribution < 1.29 is 33.3 Å². The van der Waals surface area contributed by atoms with Crippen LogP contribution in [0.3, 0.4) is 0 Å². The summed E-state index contributed by atoms with van der Waals surface area (Å²) in [6, 6.07) is 0. The van der Waals surface area contributed by atoms with Crippen LogP contribution in [0.2, 0.25) is 0 Å². The molecule has 0 aliphatic rings. The van der Waals surface area contributed by atoms with Gasteiger partial charge in [0.05, 0.1) is 26.9 Å². The number of carbonyl (C=O) groups excluding carboxylic acids is 3. The summed E-state index contributed by atoms with van der Waals surface area (Å²) in [5.74, 6) is -2.03. The van der Waals surface area contributed by atoms with Crippen LogP contribution in [-0.4, -0.2) is 50.4 Å². The van der Waals surface area contributed by atoms with E-state index in [1.54, 1.807) is 19.9 Å². The highest BCUT2D eigenvalue weighted by Gasteiger charge is 2.46. The number of rotatable bonds is 10. The first-order valence-electron chi connectivity index (χ1n) is 7.85. The predicted molar refractivity (Wildman–Crippen MR) is 87.2 cm³/mol. The number of ether oxygens (including phenoxy) is 4. The number of hydrogen-bond acceptors (Lipinski definition) is 7. The van der Waals surface area contributed by atoms with Crippen LogP contribution in [0.5, 0.6) is 0 Å². The summed E-state index contributed by atoms with van der Waals surface area (Å²) >= 11 is 0. The van der Waals surface area contributed by atoms with E-state index in [1.807, 2.05) is 13.8 Å². The van der Waals surface area contributed by atoms with Crippen molar-refractivity contribution in [1.29, 1.82) is 0 Å². The summed E-state index contributed by atoms with van der Waals surface area (Å²) in [6.07, 6.45) is 3.50. The van der Waals surface area contributed by atoms with Crippen molar-refractivity contribution in [3.8, 4) is 0 Å². The Bertz CT molecular complexity index is 468. The third kappa shape index (κ3) is 7.12. The highest BCUT2D eigenvalue weighted by Crippen LogP contribution is 2.26. The van der Waals surface area contributed by atoms with Gasteiger partial charge in [-0.3, -0.25) is 0 Å². The van der Waals surface area contributed by atoms with E-state index in [2.05, 4.69) is 4.74 Å². The lowest BCUT2D eigenvalue weighted by Gasteiger charge is -2.30. The average molecular weight is 344 g/mol. The van der Waals surface area contributed by atoms with Gasteiger partial charge in [0.1, 0.15) is 0 Å². The molecule has 0 heterocycles. The fraction of sp³-hybridized carbons (Fsp3) is 0.706. The van der Waals surface area contributed by atoms with Crippen LogP contribution in [0.25, 0.3) is 0 Å². The molecule has 7 nitrogen and oxygen atoms in total. The van der Waals surface area contributed by atoms with Gasteiger partial charge in [0.25, 0.3) is 5.60 Å². The molecule has 1 unspecified atom stereocenters. The van der Waals surface area contributed by atoms with Gasteiger partial charge in [-0.05, 0) is 32.6 Å². The minimum Gasteiger partial charge on any atom is -0.466 e. The van der Waals surface area contributed by atoms with Crippen molar-refractivity contribution in [3.05, 3.63) is 12.2 Å². The van der Waals surface area contributed by atoms with Crippen molar-refractivity contribution in [2.75, 3.05) is 26.9 Å². The van der Waals surface area contributed by atoms with E-state index in [0.717, 1.165) is 0 Å². The highest BCUT2D eigenvalue weighted by molar-refractivity contribution is 6.03. The van der Waals surface area contributed by atoms with Crippen LogP contribution < -0.4 is 0 Å². The zero-order valence-corrected chi connectivity index (χ0v) is 15.3. The van der Waals surface area contributed by atoms with Crippen LogP contribution in [0, 0.1) is 5.41 Å². The Morgan fingerprint density at radius 3 is 2.04 bits per heavy atom. The molecule has 0 spiro atoms. The molecular formula is C17H28O7. The summed E-state index contributed by atoms with van der Waals surface area (Å²) in [4.78, 5) is 35.2. The molecule has 0 bridgehead atoms. The summed E-state index contributed by atoms with van der Waals surface area (Å²) in [5.41, 5.74) is -2.25. The SMILES string of the molecule is CCOC(=O)/C=C/CC(C)(C)COC(C)(C(=O)OC)C(=O)OCC.